The second kappa shape index (κ2) is 7.92. The highest BCUT2D eigenvalue weighted by Gasteiger charge is 2.30. The maximum atomic E-state index is 12.9. The fourth-order valence-electron chi connectivity index (χ4n) is 2.91. The van der Waals surface area contributed by atoms with Crippen molar-refractivity contribution in [3.8, 4) is 22.7 Å². The first-order valence-electron chi connectivity index (χ1n) is 9.02. The molecule has 0 atom stereocenters. The Hall–Kier alpha value is -3.44. The average molecular weight is 475 g/mol. The summed E-state index contributed by atoms with van der Waals surface area (Å²) in [7, 11) is 0. The van der Waals surface area contributed by atoms with Gasteiger partial charge in [0.05, 0.1) is 11.3 Å². The van der Waals surface area contributed by atoms with Crippen LogP contribution < -0.4 is 0 Å². The van der Waals surface area contributed by atoms with E-state index in [4.69, 9.17) is 16.0 Å². The SMILES string of the molecule is FC(F)(F)c1ccc(-c2cc(Sc3nnc(-c4cccc(Cl)c4)o3)n3ncnc3n2)cc1. The molecule has 0 unspecified atom stereocenters. The number of benzene rings is 2. The van der Waals surface area contributed by atoms with Crippen LogP contribution in [-0.4, -0.2) is 29.8 Å². The molecule has 0 spiro atoms. The minimum atomic E-state index is -4.41. The summed E-state index contributed by atoms with van der Waals surface area (Å²) in [5.74, 6) is 0.571. The number of hydrogen-bond acceptors (Lipinski definition) is 7. The molecule has 0 aliphatic heterocycles. The number of fused-ring (bicyclic) bond motifs is 1. The second-order valence-corrected chi connectivity index (χ2v) is 7.92. The summed E-state index contributed by atoms with van der Waals surface area (Å²) >= 11 is 7.14. The summed E-state index contributed by atoms with van der Waals surface area (Å²) in [6.45, 7) is 0. The predicted octanol–water partition coefficient (Wildman–Crippen LogP) is 5.66. The van der Waals surface area contributed by atoms with Crippen molar-refractivity contribution in [3.05, 3.63) is 71.5 Å². The lowest BCUT2D eigenvalue weighted by Crippen LogP contribution is -2.04. The van der Waals surface area contributed by atoms with E-state index in [1.165, 1.54) is 23.0 Å². The highest BCUT2D eigenvalue weighted by molar-refractivity contribution is 7.99. The van der Waals surface area contributed by atoms with E-state index in [9.17, 15) is 13.2 Å². The molecule has 32 heavy (non-hydrogen) atoms. The molecule has 0 amide bonds. The van der Waals surface area contributed by atoms with Crippen molar-refractivity contribution < 1.29 is 17.6 Å². The molecule has 12 heteroatoms. The van der Waals surface area contributed by atoms with Crippen molar-refractivity contribution in [2.45, 2.75) is 16.4 Å². The minimum absolute atomic E-state index is 0.237. The minimum Gasteiger partial charge on any atom is -0.411 e. The van der Waals surface area contributed by atoms with Gasteiger partial charge in [-0.1, -0.05) is 29.8 Å². The summed E-state index contributed by atoms with van der Waals surface area (Å²) in [5.41, 5.74) is 0.855. The number of aromatic nitrogens is 6. The Balaban J connectivity index is 1.49. The summed E-state index contributed by atoms with van der Waals surface area (Å²) < 4.78 is 45.8. The molecule has 3 heterocycles. The first-order valence-corrected chi connectivity index (χ1v) is 10.2. The fourth-order valence-corrected chi connectivity index (χ4v) is 3.87. The molecule has 0 aliphatic rings. The van der Waals surface area contributed by atoms with Crippen molar-refractivity contribution in [2.75, 3.05) is 0 Å². The van der Waals surface area contributed by atoms with Crippen LogP contribution in [0.15, 0.2) is 75.6 Å². The van der Waals surface area contributed by atoms with Gasteiger partial charge < -0.3 is 4.42 Å². The smallest absolute Gasteiger partial charge is 0.411 e. The third-order valence-electron chi connectivity index (χ3n) is 4.40. The van der Waals surface area contributed by atoms with Crippen LogP contribution in [0.3, 0.4) is 0 Å². The van der Waals surface area contributed by atoms with Crippen LogP contribution in [0.1, 0.15) is 5.56 Å². The van der Waals surface area contributed by atoms with Gasteiger partial charge in [-0.2, -0.15) is 27.8 Å². The third kappa shape index (κ3) is 4.04. The molecule has 5 aromatic rings. The van der Waals surface area contributed by atoms with Gasteiger partial charge in [0.1, 0.15) is 11.4 Å². The van der Waals surface area contributed by atoms with Gasteiger partial charge in [-0.15, -0.1) is 10.2 Å². The van der Waals surface area contributed by atoms with Gasteiger partial charge in [0.25, 0.3) is 11.0 Å². The van der Waals surface area contributed by atoms with Crippen molar-refractivity contribution in [3.63, 3.8) is 0 Å². The van der Waals surface area contributed by atoms with Gasteiger partial charge in [-0.05, 0) is 48.2 Å². The van der Waals surface area contributed by atoms with Gasteiger partial charge in [0.15, 0.2) is 0 Å². The molecule has 0 bridgehead atoms. The maximum Gasteiger partial charge on any atom is 0.416 e. The van der Waals surface area contributed by atoms with Crippen LogP contribution >= 0.6 is 23.4 Å². The van der Waals surface area contributed by atoms with Gasteiger partial charge in [-0.3, -0.25) is 0 Å². The van der Waals surface area contributed by atoms with Crippen molar-refractivity contribution >= 4 is 29.1 Å². The molecule has 160 valence electrons. The maximum absolute atomic E-state index is 12.9. The Morgan fingerprint density at radius 1 is 0.969 bits per heavy atom. The quantitative estimate of drug-likeness (QED) is 0.310. The molecular weight excluding hydrogens is 465 g/mol. The Morgan fingerprint density at radius 2 is 1.78 bits per heavy atom. The standard InChI is InChI=1S/C20H10ClF3N6OS/c21-14-3-1-2-12(8-14)17-28-29-19(31-17)32-16-9-15(27-18-25-10-26-30(16)18)11-4-6-13(7-5-11)20(22,23)24/h1-10H. The molecular formula is C20H10ClF3N6OS. The molecule has 5 rings (SSSR count). The highest BCUT2D eigenvalue weighted by atomic mass is 35.5. The van der Waals surface area contributed by atoms with Gasteiger partial charge in [-0.25, -0.2) is 4.98 Å². The van der Waals surface area contributed by atoms with Crippen molar-refractivity contribution in [1.29, 1.82) is 0 Å². The normalized spacial score (nSPS) is 11.9. The van der Waals surface area contributed by atoms with Crippen LogP contribution in [0, 0.1) is 0 Å². The molecule has 2 aromatic carbocycles. The highest BCUT2D eigenvalue weighted by Crippen LogP contribution is 2.34. The van der Waals surface area contributed by atoms with E-state index in [1.54, 1.807) is 30.3 Å². The lowest BCUT2D eigenvalue weighted by Gasteiger charge is -2.08. The Labute approximate surface area is 187 Å². The zero-order valence-corrected chi connectivity index (χ0v) is 17.4. The van der Waals surface area contributed by atoms with Gasteiger partial charge in [0.2, 0.25) is 5.89 Å². The van der Waals surface area contributed by atoms with Crippen LogP contribution in [-0.2, 0) is 6.18 Å². The Kier molecular flexibility index (Phi) is 5.06. The molecule has 7 nitrogen and oxygen atoms in total. The monoisotopic (exact) mass is 474 g/mol. The topological polar surface area (TPSA) is 82.0 Å². The van der Waals surface area contributed by atoms with Gasteiger partial charge in [0, 0.05) is 16.1 Å². The van der Waals surface area contributed by atoms with E-state index in [1.807, 2.05) is 0 Å². The summed E-state index contributed by atoms with van der Waals surface area (Å²) in [5, 5.41) is 13.5. The van der Waals surface area contributed by atoms with Crippen LogP contribution in [0.2, 0.25) is 5.02 Å². The molecule has 0 N–H and O–H groups in total. The summed E-state index contributed by atoms with van der Waals surface area (Å²) in [4.78, 5) is 8.47. The number of alkyl halides is 3. The van der Waals surface area contributed by atoms with Crippen LogP contribution in [0.4, 0.5) is 13.2 Å². The average Bonchev–Trinajstić information content (AvgIpc) is 3.43. The molecule has 0 radical (unpaired) electrons. The van der Waals surface area contributed by atoms with Gasteiger partial charge >= 0.3 is 6.18 Å². The fraction of sp³-hybridized carbons (Fsp3) is 0.0500. The van der Waals surface area contributed by atoms with Crippen LogP contribution in [0.25, 0.3) is 28.5 Å². The lowest BCUT2D eigenvalue weighted by atomic mass is 10.1. The molecule has 0 aliphatic carbocycles. The van der Waals surface area contributed by atoms with E-state index in [0.29, 0.717) is 32.8 Å². The van der Waals surface area contributed by atoms with E-state index in [2.05, 4.69) is 25.3 Å². The van der Waals surface area contributed by atoms with E-state index < -0.39 is 11.7 Å². The summed E-state index contributed by atoms with van der Waals surface area (Å²) in [6.07, 6.45) is -3.09. The molecule has 0 saturated carbocycles. The predicted molar refractivity (Wildman–Crippen MR) is 110 cm³/mol. The lowest BCUT2D eigenvalue weighted by molar-refractivity contribution is -0.137. The number of halogens is 4. The summed E-state index contributed by atoms with van der Waals surface area (Å²) in [6, 6.07) is 13.4. The second-order valence-electron chi connectivity index (χ2n) is 6.51. The molecule has 0 fully saturated rings. The Morgan fingerprint density at radius 3 is 2.53 bits per heavy atom. The first kappa shape index (κ1) is 20.5. The third-order valence-corrected chi connectivity index (χ3v) is 5.47. The first-order chi connectivity index (χ1) is 15.4. The van der Waals surface area contributed by atoms with E-state index in [0.717, 1.165) is 23.9 Å². The van der Waals surface area contributed by atoms with Crippen LogP contribution in [0.5, 0.6) is 0 Å². The zero-order valence-electron chi connectivity index (χ0n) is 15.8. The number of hydrogen-bond donors (Lipinski definition) is 0. The van der Waals surface area contributed by atoms with Crippen molar-refractivity contribution in [2.24, 2.45) is 0 Å². The van der Waals surface area contributed by atoms with E-state index in [-0.39, 0.29) is 11.0 Å². The zero-order chi connectivity index (χ0) is 22.3. The van der Waals surface area contributed by atoms with E-state index >= 15 is 0 Å². The van der Waals surface area contributed by atoms with Crippen molar-refractivity contribution in [1.82, 2.24) is 29.8 Å². The largest absolute Gasteiger partial charge is 0.416 e. The number of rotatable bonds is 4. The molecule has 3 aromatic heterocycles. The molecule has 0 saturated heterocycles. The Bertz CT molecular complexity index is 1420. The number of nitrogens with zero attached hydrogens (tertiary/aromatic N) is 6.